The molecule has 2 unspecified atom stereocenters. The van der Waals surface area contributed by atoms with Gasteiger partial charge in [0.05, 0.1) is 13.2 Å². The van der Waals surface area contributed by atoms with Crippen molar-refractivity contribution in [1.29, 1.82) is 0 Å². The fraction of sp³-hybridized carbons (Fsp3) is 0.517. The van der Waals surface area contributed by atoms with Crippen molar-refractivity contribution in [2.24, 2.45) is 5.41 Å². The van der Waals surface area contributed by atoms with Gasteiger partial charge in [-0.2, -0.15) is 0 Å². The van der Waals surface area contributed by atoms with Gasteiger partial charge in [-0.3, -0.25) is 9.59 Å². The standard InChI is InChI=1S/C29H40O5Si/c1-8-32-25(30)28(26(31)33-9-2)20-23(22-16-12-10-13-17-22)21-29(28,24-18-14-11-15-19-24)34-35(6,7)27(3,4)5/h10-19,23H,8-9,20-21H2,1-7H3. The van der Waals surface area contributed by atoms with Crippen LogP contribution in [0.15, 0.2) is 60.7 Å². The summed E-state index contributed by atoms with van der Waals surface area (Å²) >= 11 is 0. The average molecular weight is 497 g/mol. The highest BCUT2D eigenvalue weighted by molar-refractivity contribution is 6.74. The van der Waals surface area contributed by atoms with Crippen LogP contribution in [0.1, 0.15) is 64.5 Å². The van der Waals surface area contributed by atoms with Crippen LogP contribution in [0, 0.1) is 5.41 Å². The molecule has 1 fully saturated rings. The van der Waals surface area contributed by atoms with Gasteiger partial charge in [0.15, 0.2) is 13.7 Å². The maximum atomic E-state index is 14.0. The minimum atomic E-state index is -2.50. The molecule has 0 aromatic heterocycles. The number of carbonyl (C=O) groups is 2. The zero-order valence-corrected chi connectivity index (χ0v) is 23.2. The van der Waals surface area contributed by atoms with E-state index >= 15 is 0 Å². The summed E-state index contributed by atoms with van der Waals surface area (Å²) < 4.78 is 18.6. The van der Waals surface area contributed by atoms with Crippen LogP contribution in [0.3, 0.4) is 0 Å². The van der Waals surface area contributed by atoms with E-state index in [9.17, 15) is 9.59 Å². The smallest absolute Gasteiger partial charge is 0.326 e. The van der Waals surface area contributed by atoms with Gasteiger partial charge < -0.3 is 13.9 Å². The number of benzene rings is 2. The summed E-state index contributed by atoms with van der Waals surface area (Å²) in [4.78, 5) is 28.0. The van der Waals surface area contributed by atoms with Crippen LogP contribution >= 0.6 is 0 Å². The number of carbonyl (C=O) groups excluding carboxylic acids is 2. The van der Waals surface area contributed by atoms with Crippen LogP contribution in [0.25, 0.3) is 0 Å². The van der Waals surface area contributed by atoms with Crippen molar-refractivity contribution < 1.29 is 23.5 Å². The van der Waals surface area contributed by atoms with Crippen molar-refractivity contribution in [3.8, 4) is 0 Å². The average Bonchev–Trinajstić information content (AvgIpc) is 3.16. The number of rotatable bonds is 8. The number of hydrogen-bond donors (Lipinski definition) is 0. The maximum absolute atomic E-state index is 14.0. The van der Waals surface area contributed by atoms with Crippen molar-refractivity contribution in [3.63, 3.8) is 0 Å². The molecule has 0 heterocycles. The molecule has 35 heavy (non-hydrogen) atoms. The lowest BCUT2D eigenvalue weighted by Gasteiger charge is -2.49. The quantitative estimate of drug-likeness (QED) is 0.234. The van der Waals surface area contributed by atoms with Gasteiger partial charge in [0.25, 0.3) is 0 Å². The molecule has 0 amide bonds. The Morgan fingerprint density at radius 2 is 1.34 bits per heavy atom. The summed E-state index contributed by atoms with van der Waals surface area (Å²) in [7, 11) is -2.50. The van der Waals surface area contributed by atoms with Gasteiger partial charge >= 0.3 is 11.9 Å². The Bertz CT molecular complexity index is 994. The van der Waals surface area contributed by atoms with Crippen molar-refractivity contribution in [3.05, 3.63) is 71.8 Å². The molecule has 0 bridgehead atoms. The Labute approximate surface area is 211 Å². The minimum Gasteiger partial charge on any atom is -0.465 e. The molecule has 5 nitrogen and oxygen atoms in total. The van der Waals surface area contributed by atoms with Crippen LogP contribution in [0.4, 0.5) is 0 Å². The van der Waals surface area contributed by atoms with E-state index < -0.39 is 31.3 Å². The largest absolute Gasteiger partial charge is 0.465 e. The molecule has 2 aromatic rings. The number of hydrogen-bond acceptors (Lipinski definition) is 5. The highest BCUT2D eigenvalue weighted by atomic mass is 28.4. The molecule has 2 aromatic carbocycles. The van der Waals surface area contributed by atoms with E-state index in [4.69, 9.17) is 13.9 Å². The highest BCUT2D eigenvalue weighted by Crippen LogP contribution is 2.63. The SMILES string of the molecule is CCOC(=O)C1(C(=O)OCC)CC(c2ccccc2)CC1(O[Si](C)(C)C(C)(C)C)c1ccccc1. The molecule has 0 saturated heterocycles. The first-order valence-electron chi connectivity index (χ1n) is 12.6. The Morgan fingerprint density at radius 3 is 1.80 bits per heavy atom. The van der Waals surface area contributed by atoms with Crippen LogP contribution in [0.5, 0.6) is 0 Å². The third kappa shape index (κ3) is 4.83. The summed E-state index contributed by atoms with van der Waals surface area (Å²) in [5.74, 6) is -1.23. The Kier molecular flexibility index (Phi) is 7.97. The summed E-state index contributed by atoms with van der Waals surface area (Å²) in [6, 6.07) is 19.8. The lowest BCUT2D eigenvalue weighted by atomic mass is 9.70. The van der Waals surface area contributed by atoms with Gasteiger partial charge in [0.1, 0.15) is 5.60 Å². The van der Waals surface area contributed by atoms with Gasteiger partial charge in [-0.1, -0.05) is 81.4 Å². The second-order valence-corrected chi connectivity index (χ2v) is 15.6. The van der Waals surface area contributed by atoms with E-state index in [-0.39, 0.29) is 30.6 Å². The fourth-order valence-corrected chi connectivity index (χ4v) is 6.58. The zero-order chi connectivity index (χ0) is 25.9. The van der Waals surface area contributed by atoms with Gasteiger partial charge in [0.2, 0.25) is 0 Å². The fourth-order valence-electron chi connectivity index (χ4n) is 5.03. The number of esters is 2. The third-order valence-corrected chi connectivity index (χ3v) is 12.2. The van der Waals surface area contributed by atoms with E-state index in [0.29, 0.717) is 6.42 Å². The first-order valence-corrected chi connectivity index (χ1v) is 15.5. The van der Waals surface area contributed by atoms with Crippen molar-refractivity contribution in [2.45, 2.75) is 77.1 Å². The molecule has 3 rings (SSSR count). The first-order chi connectivity index (χ1) is 16.4. The number of ether oxygens (including phenoxy) is 2. The predicted octanol–water partition coefficient (Wildman–Crippen LogP) is 6.59. The monoisotopic (exact) mass is 496 g/mol. The molecule has 0 aliphatic heterocycles. The molecule has 190 valence electrons. The lowest BCUT2D eigenvalue weighted by molar-refractivity contribution is -0.189. The minimum absolute atomic E-state index is 0.0880. The second-order valence-electron chi connectivity index (χ2n) is 10.9. The van der Waals surface area contributed by atoms with Crippen LogP contribution in [-0.2, 0) is 29.1 Å². The van der Waals surface area contributed by atoms with Crippen LogP contribution < -0.4 is 0 Å². The molecule has 0 spiro atoms. The summed E-state index contributed by atoms with van der Waals surface area (Å²) in [6.07, 6.45) is 0.739. The molecule has 1 aliphatic rings. The lowest BCUT2D eigenvalue weighted by Crippen LogP contribution is -2.60. The van der Waals surface area contributed by atoms with E-state index in [1.165, 1.54) is 0 Å². The summed E-state index contributed by atoms with van der Waals surface area (Å²) in [5, 5.41) is -0.144. The zero-order valence-electron chi connectivity index (χ0n) is 22.2. The third-order valence-electron chi connectivity index (χ3n) is 7.77. The van der Waals surface area contributed by atoms with Gasteiger partial charge in [-0.05, 0) is 61.9 Å². The summed E-state index contributed by atoms with van der Waals surface area (Å²) in [6.45, 7) is 14.7. The van der Waals surface area contributed by atoms with Gasteiger partial charge in [-0.25, -0.2) is 0 Å². The Balaban J connectivity index is 2.37. The topological polar surface area (TPSA) is 61.8 Å². The molecule has 1 saturated carbocycles. The Morgan fingerprint density at radius 1 is 0.857 bits per heavy atom. The normalized spacial score (nSPS) is 22.0. The Hall–Kier alpha value is -2.44. The molecule has 0 N–H and O–H groups in total. The van der Waals surface area contributed by atoms with Gasteiger partial charge in [0, 0.05) is 0 Å². The second kappa shape index (κ2) is 10.3. The molecular formula is C29H40O5Si. The van der Waals surface area contributed by atoms with Gasteiger partial charge in [-0.15, -0.1) is 0 Å². The van der Waals surface area contributed by atoms with Crippen molar-refractivity contribution >= 4 is 20.3 Å². The van der Waals surface area contributed by atoms with E-state index in [1.54, 1.807) is 13.8 Å². The molecule has 1 aliphatic carbocycles. The predicted molar refractivity (Wildman–Crippen MR) is 141 cm³/mol. The van der Waals surface area contributed by atoms with Crippen LogP contribution in [0.2, 0.25) is 18.1 Å². The first kappa shape index (κ1) is 27.1. The molecule has 6 heteroatoms. The highest BCUT2D eigenvalue weighted by Gasteiger charge is 2.72. The molecule has 0 radical (unpaired) electrons. The van der Waals surface area contributed by atoms with E-state index in [0.717, 1.165) is 11.1 Å². The molecular weight excluding hydrogens is 456 g/mol. The van der Waals surface area contributed by atoms with Crippen molar-refractivity contribution in [2.75, 3.05) is 13.2 Å². The van der Waals surface area contributed by atoms with Crippen molar-refractivity contribution in [1.82, 2.24) is 0 Å². The van der Waals surface area contributed by atoms with E-state index in [1.807, 2.05) is 48.5 Å². The molecule has 2 atom stereocenters. The summed E-state index contributed by atoms with van der Waals surface area (Å²) in [5.41, 5.74) is -0.973. The van der Waals surface area contributed by atoms with Crippen LogP contribution in [-0.4, -0.2) is 33.5 Å². The maximum Gasteiger partial charge on any atom is 0.326 e. The van der Waals surface area contributed by atoms with E-state index in [2.05, 4.69) is 46.0 Å².